The molecule has 0 heterocycles. The lowest BCUT2D eigenvalue weighted by molar-refractivity contribution is -0.127. The van der Waals surface area contributed by atoms with Gasteiger partial charge in [0.15, 0.2) is 5.96 Å². The van der Waals surface area contributed by atoms with E-state index < -0.39 is 0 Å². The van der Waals surface area contributed by atoms with Crippen LogP contribution in [0.5, 0.6) is 0 Å². The van der Waals surface area contributed by atoms with E-state index in [1.807, 2.05) is 24.3 Å². The van der Waals surface area contributed by atoms with Crippen LogP contribution in [-0.4, -0.2) is 68.4 Å². The average molecular weight is 527 g/mol. The van der Waals surface area contributed by atoms with Gasteiger partial charge in [0, 0.05) is 39.8 Å². The van der Waals surface area contributed by atoms with Gasteiger partial charge in [-0.05, 0) is 48.8 Å². The van der Waals surface area contributed by atoms with Crippen LogP contribution in [0.25, 0.3) is 0 Å². The second-order valence-electron chi connectivity index (χ2n) is 8.63. The van der Waals surface area contributed by atoms with Gasteiger partial charge < -0.3 is 20.4 Å². The number of fused-ring (bicyclic) bond motifs is 2. The minimum Gasteiger partial charge on any atom is -0.353 e. The summed E-state index contributed by atoms with van der Waals surface area (Å²) in [5.41, 5.74) is 1.69. The number of nitrogens with one attached hydrogen (secondary N) is 2. The van der Waals surface area contributed by atoms with E-state index in [9.17, 15) is 9.59 Å². The van der Waals surface area contributed by atoms with Crippen LogP contribution in [-0.2, 0) is 11.3 Å². The minimum absolute atomic E-state index is 0. The van der Waals surface area contributed by atoms with E-state index in [4.69, 9.17) is 4.99 Å². The molecular formula is C22H34IN5O2. The monoisotopic (exact) mass is 527 g/mol. The predicted molar refractivity (Wildman–Crippen MR) is 130 cm³/mol. The fourth-order valence-corrected chi connectivity index (χ4v) is 4.25. The van der Waals surface area contributed by atoms with Gasteiger partial charge >= 0.3 is 0 Å². The van der Waals surface area contributed by atoms with Crippen molar-refractivity contribution < 1.29 is 9.59 Å². The van der Waals surface area contributed by atoms with E-state index in [-0.39, 0.29) is 42.3 Å². The number of rotatable bonds is 6. The van der Waals surface area contributed by atoms with Gasteiger partial charge in [0.2, 0.25) is 5.91 Å². The first-order valence-electron chi connectivity index (χ1n) is 10.4. The van der Waals surface area contributed by atoms with Gasteiger partial charge in [0.05, 0.1) is 13.1 Å². The topological polar surface area (TPSA) is 77.0 Å². The Balaban J connectivity index is 0.00000320. The summed E-state index contributed by atoms with van der Waals surface area (Å²) < 4.78 is 0. The molecule has 3 unspecified atom stereocenters. The summed E-state index contributed by atoms with van der Waals surface area (Å²) in [6, 6.07) is 7.97. The molecule has 7 nitrogen and oxygen atoms in total. The molecule has 0 aromatic heterocycles. The van der Waals surface area contributed by atoms with Crippen molar-refractivity contribution in [2.24, 2.45) is 16.8 Å². The maximum atomic E-state index is 12.0. The molecule has 0 saturated heterocycles. The third-order valence-corrected chi connectivity index (χ3v) is 5.99. The zero-order chi connectivity index (χ0) is 21.0. The van der Waals surface area contributed by atoms with Crippen LogP contribution >= 0.6 is 24.0 Å². The fourth-order valence-electron chi connectivity index (χ4n) is 4.25. The quantitative estimate of drug-likeness (QED) is 0.338. The summed E-state index contributed by atoms with van der Waals surface area (Å²) >= 11 is 0. The molecule has 2 bridgehead atoms. The highest BCUT2D eigenvalue weighted by Gasteiger charge is 2.39. The van der Waals surface area contributed by atoms with Crippen molar-refractivity contribution in [3.8, 4) is 0 Å². The molecule has 2 fully saturated rings. The zero-order valence-electron chi connectivity index (χ0n) is 18.4. The Hall–Kier alpha value is -1.84. The Labute approximate surface area is 196 Å². The number of aliphatic imine (C=N–C) groups is 1. The standard InChI is InChI=1S/C22H33N5O2.HI/c1-26(2)20(28)14-24-22(25-19-12-16-7-10-18(19)11-16)23-13-15-5-8-17(9-6-15)21(29)27(3)4;/h5-6,8-9,16,18-19H,7,10-14H2,1-4H3,(H2,23,24,25);1H. The first kappa shape index (κ1) is 24.4. The van der Waals surface area contributed by atoms with Crippen LogP contribution in [0.4, 0.5) is 0 Å². The van der Waals surface area contributed by atoms with E-state index in [0.717, 1.165) is 11.5 Å². The van der Waals surface area contributed by atoms with Crippen molar-refractivity contribution >= 4 is 41.8 Å². The molecule has 2 aliphatic rings. The molecule has 1 aromatic carbocycles. The van der Waals surface area contributed by atoms with Crippen molar-refractivity contribution in [2.75, 3.05) is 34.7 Å². The number of carbonyl (C=O) groups is 2. The lowest BCUT2D eigenvalue weighted by Gasteiger charge is -2.25. The third kappa shape index (κ3) is 6.33. The molecule has 0 spiro atoms. The highest BCUT2D eigenvalue weighted by Crippen LogP contribution is 2.44. The summed E-state index contributed by atoms with van der Waals surface area (Å²) in [6.45, 7) is 0.707. The lowest BCUT2D eigenvalue weighted by Crippen LogP contribution is -2.48. The van der Waals surface area contributed by atoms with Crippen LogP contribution in [0.1, 0.15) is 41.6 Å². The van der Waals surface area contributed by atoms with Crippen molar-refractivity contribution in [3.63, 3.8) is 0 Å². The van der Waals surface area contributed by atoms with Gasteiger partial charge in [-0.15, -0.1) is 24.0 Å². The first-order chi connectivity index (χ1) is 13.8. The smallest absolute Gasteiger partial charge is 0.253 e. The van der Waals surface area contributed by atoms with Crippen LogP contribution < -0.4 is 10.6 Å². The van der Waals surface area contributed by atoms with Crippen molar-refractivity contribution in [1.29, 1.82) is 0 Å². The van der Waals surface area contributed by atoms with Crippen LogP contribution in [0.2, 0.25) is 0 Å². The molecule has 30 heavy (non-hydrogen) atoms. The molecule has 3 rings (SSSR count). The Kier molecular flexibility index (Phi) is 8.93. The van der Waals surface area contributed by atoms with Crippen molar-refractivity contribution in [2.45, 2.75) is 38.3 Å². The molecule has 3 atom stereocenters. The highest BCUT2D eigenvalue weighted by molar-refractivity contribution is 14.0. The molecule has 2 N–H and O–H groups in total. The summed E-state index contributed by atoms with van der Waals surface area (Å²) in [5.74, 6) is 2.24. The molecule has 2 amide bonds. The Morgan fingerprint density at radius 3 is 2.27 bits per heavy atom. The molecule has 8 heteroatoms. The van der Waals surface area contributed by atoms with Gasteiger partial charge in [0.1, 0.15) is 0 Å². The van der Waals surface area contributed by atoms with Gasteiger partial charge in [-0.25, -0.2) is 4.99 Å². The number of amides is 2. The predicted octanol–water partition coefficient (Wildman–Crippen LogP) is 2.32. The Morgan fingerprint density at radius 2 is 1.73 bits per heavy atom. The van der Waals surface area contributed by atoms with E-state index >= 15 is 0 Å². The lowest BCUT2D eigenvalue weighted by atomic mass is 9.95. The number of guanidine groups is 1. The highest BCUT2D eigenvalue weighted by atomic mass is 127. The number of hydrogen-bond acceptors (Lipinski definition) is 3. The summed E-state index contributed by atoms with van der Waals surface area (Å²) in [7, 11) is 6.99. The average Bonchev–Trinajstić information content (AvgIpc) is 3.32. The van der Waals surface area contributed by atoms with Gasteiger partial charge in [-0.1, -0.05) is 18.6 Å². The third-order valence-electron chi connectivity index (χ3n) is 5.99. The largest absolute Gasteiger partial charge is 0.353 e. The number of halogens is 1. The van der Waals surface area contributed by atoms with E-state index in [1.165, 1.54) is 25.7 Å². The van der Waals surface area contributed by atoms with E-state index in [0.29, 0.717) is 30.0 Å². The minimum atomic E-state index is -0.0115. The maximum absolute atomic E-state index is 12.0. The molecule has 0 aliphatic heterocycles. The summed E-state index contributed by atoms with van der Waals surface area (Å²) in [5, 5.41) is 6.75. The molecule has 2 aliphatic carbocycles. The van der Waals surface area contributed by atoms with Gasteiger partial charge in [-0.2, -0.15) is 0 Å². The van der Waals surface area contributed by atoms with Crippen molar-refractivity contribution in [3.05, 3.63) is 35.4 Å². The first-order valence-corrected chi connectivity index (χ1v) is 10.4. The molecular weight excluding hydrogens is 493 g/mol. The number of nitrogens with zero attached hydrogens (tertiary/aromatic N) is 3. The number of hydrogen-bond donors (Lipinski definition) is 2. The summed E-state index contributed by atoms with van der Waals surface area (Å²) in [4.78, 5) is 31.9. The van der Waals surface area contributed by atoms with Crippen molar-refractivity contribution in [1.82, 2.24) is 20.4 Å². The number of likely N-dealkylation sites (N-methyl/N-ethyl adjacent to an activating group) is 1. The normalized spacial score (nSPS) is 22.3. The Bertz CT molecular complexity index is 763. The van der Waals surface area contributed by atoms with Gasteiger partial charge in [-0.3, -0.25) is 9.59 Å². The number of carbonyl (C=O) groups excluding carboxylic acids is 2. The van der Waals surface area contributed by atoms with E-state index in [1.54, 1.807) is 38.0 Å². The number of benzene rings is 1. The molecule has 2 saturated carbocycles. The fraction of sp³-hybridized carbons (Fsp3) is 0.591. The second kappa shape index (κ2) is 11.0. The molecule has 1 aromatic rings. The summed E-state index contributed by atoms with van der Waals surface area (Å²) in [6.07, 6.45) is 5.13. The second-order valence-corrected chi connectivity index (χ2v) is 8.63. The van der Waals surface area contributed by atoms with Crippen LogP contribution in [0.3, 0.4) is 0 Å². The molecule has 166 valence electrons. The SMILES string of the molecule is CN(C)C(=O)CNC(=NCc1ccc(C(=O)N(C)C)cc1)NC1CC2CCC1C2.I. The van der Waals surface area contributed by atoms with Crippen LogP contribution in [0.15, 0.2) is 29.3 Å². The van der Waals surface area contributed by atoms with Crippen LogP contribution in [0, 0.1) is 11.8 Å². The van der Waals surface area contributed by atoms with E-state index in [2.05, 4.69) is 10.6 Å². The zero-order valence-corrected chi connectivity index (χ0v) is 20.7. The molecule has 0 radical (unpaired) electrons. The maximum Gasteiger partial charge on any atom is 0.253 e. The van der Waals surface area contributed by atoms with Gasteiger partial charge in [0.25, 0.3) is 5.91 Å². The Morgan fingerprint density at radius 1 is 1.03 bits per heavy atom.